The first-order valence-electron chi connectivity index (χ1n) is 4.19. The molecule has 0 unspecified atom stereocenters. The molecule has 5 nitrogen and oxygen atoms in total. The Hall–Kier alpha value is -0.490. The number of methoxy groups -OCH3 is 2. The molecule has 1 aliphatic carbocycles. The van der Waals surface area contributed by atoms with Crippen molar-refractivity contribution in [3.8, 4) is 0 Å². The summed E-state index contributed by atoms with van der Waals surface area (Å²) in [6.45, 7) is 0. The molecular formula is C8H10O5. The molecule has 0 N–H and O–H groups in total. The monoisotopic (exact) mass is 186 g/mol. The molecule has 0 aromatic rings. The van der Waals surface area contributed by atoms with Crippen LogP contribution in [0.15, 0.2) is 0 Å². The lowest BCUT2D eigenvalue weighted by molar-refractivity contribution is -0.230. The van der Waals surface area contributed by atoms with Gasteiger partial charge in [0.15, 0.2) is 18.0 Å². The van der Waals surface area contributed by atoms with Crippen molar-refractivity contribution in [2.45, 2.75) is 30.2 Å². The maximum absolute atomic E-state index is 11.4. The summed E-state index contributed by atoms with van der Waals surface area (Å²) in [5.74, 6) is -0.830. The summed E-state index contributed by atoms with van der Waals surface area (Å²) >= 11 is 0. The summed E-state index contributed by atoms with van der Waals surface area (Å²) in [5.41, 5.74) is 0. The molecule has 2 saturated heterocycles. The maximum Gasteiger partial charge on any atom is 0.227 e. The summed E-state index contributed by atoms with van der Waals surface area (Å²) in [6.07, 6.45) is -1.30. The third kappa shape index (κ3) is 0.740. The van der Waals surface area contributed by atoms with Crippen molar-refractivity contribution in [3.63, 3.8) is 0 Å². The number of hydrogen-bond donors (Lipinski definition) is 0. The van der Waals surface area contributed by atoms with E-state index in [1.807, 2.05) is 0 Å². The van der Waals surface area contributed by atoms with Crippen LogP contribution in [0.1, 0.15) is 0 Å². The van der Waals surface area contributed by atoms with Crippen LogP contribution in [0.2, 0.25) is 0 Å². The first-order valence-corrected chi connectivity index (χ1v) is 4.19. The number of carbonyl (C=O) groups is 1. The molecule has 1 saturated carbocycles. The summed E-state index contributed by atoms with van der Waals surface area (Å²) in [6, 6.07) is 0. The van der Waals surface area contributed by atoms with Crippen LogP contribution in [-0.2, 0) is 23.7 Å². The summed E-state index contributed by atoms with van der Waals surface area (Å²) in [5, 5.41) is 0. The van der Waals surface area contributed by atoms with E-state index < -0.39 is 5.79 Å². The molecule has 0 amide bonds. The van der Waals surface area contributed by atoms with Crippen molar-refractivity contribution >= 4 is 5.78 Å². The van der Waals surface area contributed by atoms with Crippen LogP contribution < -0.4 is 0 Å². The van der Waals surface area contributed by atoms with Crippen molar-refractivity contribution in [1.29, 1.82) is 0 Å². The second-order valence-electron chi connectivity index (χ2n) is 3.49. The second kappa shape index (κ2) is 2.12. The predicted molar refractivity (Wildman–Crippen MR) is 39.1 cm³/mol. The lowest BCUT2D eigenvalue weighted by Gasteiger charge is -2.28. The Bertz CT molecular complexity index is 250. The lowest BCUT2D eigenvalue weighted by Crippen LogP contribution is -2.51. The van der Waals surface area contributed by atoms with E-state index in [1.165, 1.54) is 14.2 Å². The molecule has 2 heterocycles. The standard InChI is InChI=1S/C8H10O5/c1-10-8(11-2)6-4(12-6)3(9)5-7(8)13-5/h4-7H,1-2H3/t4-,5+,6-,7+. The zero-order valence-corrected chi connectivity index (χ0v) is 7.35. The van der Waals surface area contributed by atoms with Crippen molar-refractivity contribution in [2.24, 2.45) is 0 Å². The van der Waals surface area contributed by atoms with Gasteiger partial charge in [-0.05, 0) is 0 Å². The minimum atomic E-state index is -0.858. The van der Waals surface area contributed by atoms with Gasteiger partial charge in [0.05, 0.1) is 0 Å². The van der Waals surface area contributed by atoms with Gasteiger partial charge in [-0.3, -0.25) is 4.79 Å². The fraction of sp³-hybridized carbons (Fsp3) is 0.875. The number of fused-ring (bicyclic) bond motifs is 2. The zero-order valence-electron chi connectivity index (χ0n) is 7.35. The quantitative estimate of drug-likeness (QED) is 0.413. The number of rotatable bonds is 2. The molecule has 0 aromatic carbocycles. The van der Waals surface area contributed by atoms with Gasteiger partial charge in [0.2, 0.25) is 5.79 Å². The molecule has 2 aliphatic heterocycles. The van der Waals surface area contributed by atoms with Crippen molar-refractivity contribution in [2.75, 3.05) is 14.2 Å². The molecule has 4 atom stereocenters. The summed E-state index contributed by atoms with van der Waals surface area (Å²) in [4.78, 5) is 11.4. The van der Waals surface area contributed by atoms with Crippen molar-refractivity contribution in [1.82, 2.24) is 0 Å². The van der Waals surface area contributed by atoms with Crippen LogP contribution in [0.5, 0.6) is 0 Å². The van der Waals surface area contributed by atoms with Crippen LogP contribution in [0, 0.1) is 0 Å². The van der Waals surface area contributed by atoms with E-state index in [0.29, 0.717) is 0 Å². The van der Waals surface area contributed by atoms with Gasteiger partial charge in [-0.2, -0.15) is 0 Å². The molecule has 3 aliphatic rings. The van der Waals surface area contributed by atoms with Crippen LogP contribution in [-0.4, -0.2) is 50.2 Å². The number of ether oxygens (including phenoxy) is 4. The minimum absolute atomic E-state index is 0.0275. The Balaban J connectivity index is 1.95. The van der Waals surface area contributed by atoms with Crippen LogP contribution in [0.4, 0.5) is 0 Å². The van der Waals surface area contributed by atoms with E-state index in [-0.39, 0.29) is 30.2 Å². The largest absolute Gasteiger partial charge is 0.355 e. The highest BCUT2D eigenvalue weighted by Crippen LogP contribution is 2.52. The van der Waals surface area contributed by atoms with E-state index in [0.717, 1.165) is 0 Å². The topological polar surface area (TPSA) is 60.6 Å². The highest BCUT2D eigenvalue weighted by atomic mass is 16.8. The Morgan fingerprint density at radius 3 is 2.00 bits per heavy atom. The van der Waals surface area contributed by atoms with Gasteiger partial charge in [0.1, 0.15) is 12.2 Å². The highest BCUT2D eigenvalue weighted by Gasteiger charge is 2.77. The number of ketones is 1. The number of carbonyl (C=O) groups excluding carboxylic acids is 1. The van der Waals surface area contributed by atoms with Crippen molar-refractivity contribution in [3.05, 3.63) is 0 Å². The third-order valence-electron chi connectivity index (χ3n) is 2.98. The number of epoxide rings is 2. The Morgan fingerprint density at radius 2 is 1.62 bits per heavy atom. The smallest absolute Gasteiger partial charge is 0.227 e. The van der Waals surface area contributed by atoms with Gasteiger partial charge in [0.25, 0.3) is 0 Å². The normalized spacial score (nSPS) is 49.5. The molecule has 13 heavy (non-hydrogen) atoms. The first kappa shape index (κ1) is 7.87. The van der Waals surface area contributed by atoms with Gasteiger partial charge in [-0.15, -0.1) is 0 Å². The van der Waals surface area contributed by atoms with E-state index in [9.17, 15) is 4.79 Å². The average molecular weight is 186 g/mol. The lowest BCUT2D eigenvalue weighted by atomic mass is 9.93. The van der Waals surface area contributed by atoms with Crippen LogP contribution in [0.3, 0.4) is 0 Å². The molecular weight excluding hydrogens is 176 g/mol. The molecule has 0 radical (unpaired) electrons. The van der Waals surface area contributed by atoms with E-state index >= 15 is 0 Å². The Morgan fingerprint density at radius 1 is 1.15 bits per heavy atom. The molecule has 5 heteroatoms. The molecule has 0 spiro atoms. The van der Waals surface area contributed by atoms with E-state index in [1.54, 1.807) is 0 Å². The molecule has 3 rings (SSSR count). The van der Waals surface area contributed by atoms with Crippen LogP contribution in [0.25, 0.3) is 0 Å². The Kier molecular flexibility index (Phi) is 1.28. The SMILES string of the molecule is COC1(OC)[C@@H]2O[C@@H]2C(=O)[C@@H]2O[C@@H]21. The predicted octanol–water partition coefficient (Wildman–Crippen LogP) is -0.907. The van der Waals surface area contributed by atoms with E-state index in [2.05, 4.69) is 0 Å². The number of Topliss-reactive ketones (excluding diaryl/α,β-unsaturated/α-hetero) is 1. The maximum atomic E-state index is 11.4. The summed E-state index contributed by atoms with van der Waals surface area (Å²) in [7, 11) is 3.08. The first-order chi connectivity index (χ1) is 6.24. The zero-order chi connectivity index (χ0) is 9.22. The van der Waals surface area contributed by atoms with Gasteiger partial charge in [-0.25, -0.2) is 0 Å². The van der Waals surface area contributed by atoms with Gasteiger partial charge in [0, 0.05) is 14.2 Å². The van der Waals surface area contributed by atoms with E-state index in [4.69, 9.17) is 18.9 Å². The Labute approximate surface area is 74.9 Å². The summed E-state index contributed by atoms with van der Waals surface area (Å²) < 4.78 is 20.9. The molecule has 72 valence electrons. The fourth-order valence-corrected chi connectivity index (χ4v) is 2.14. The third-order valence-corrected chi connectivity index (χ3v) is 2.98. The fourth-order valence-electron chi connectivity index (χ4n) is 2.14. The molecule has 3 fully saturated rings. The second-order valence-corrected chi connectivity index (χ2v) is 3.49. The highest BCUT2D eigenvalue weighted by molar-refractivity contribution is 5.94. The molecule has 0 bridgehead atoms. The van der Waals surface area contributed by atoms with Crippen molar-refractivity contribution < 1.29 is 23.7 Å². The number of hydrogen-bond acceptors (Lipinski definition) is 5. The minimum Gasteiger partial charge on any atom is -0.355 e. The van der Waals surface area contributed by atoms with Gasteiger partial charge < -0.3 is 18.9 Å². The van der Waals surface area contributed by atoms with Gasteiger partial charge in [-0.1, -0.05) is 0 Å². The van der Waals surface area contributed by atoms with Crippen LogP contribution >= 0.6 is 0 Å². The molecule has 0 aromatic heterocycles. The average Bonchev–Trinajstić information content (AvgIpc) is 3.00. The van der Waals surface area contributed by atoms with Gasteiger partial charge >= 0.3 is 0 Å².